The summed E-state index contributed by atoms with van der Waals surface area (Å²) < 4.78 is 1.21. The first-order valence-corrected chi connectivity index (χ1v) is 10.0. The number of hydrogen-bond donors (Lipinski definition) is 1. The maximum absolute atomic E-state index is 6.58. The highest BCUT2D eigenvalue weighted by molar-refractivity contribution is 7.18. The zero-order chi connectivity index (χ0) is 17.2. The number of thiazole rings is 1. The summed E-state index contributed by atoms with van der Waals surface area (Å²) in [6, 6.07) is 14.1. The molecular formula is C19H19Cl2N3S. The lowest BCUT2D eigenvalue weighted by molar-refractivity contribution is 0.241. The fraction of sp³-hybridized carbons (Fsp3) is 0.316. The van der Waals surface area contributed by atoms with Gasteiger partial charge in [-0.3, -0.25) is 4.90 Å². The smallest absolute Gasteiger partial charge is 0.116 e. The lowest BCUT2D eigenvalue weighted by atomic mass is 10.1. The zero-order valence-electron chi connectivity index (χ0n) is 13.7. The van der Waals surface area contributed by atoms with Gasteiger partial charge in [0.25, 0.3) is 0 Å². The largest absolute Gasteiger partial charge is 0.315 e. The molecule has 0 bridgehead atoms. The Morgan fingerprint density at radius 1 is 1.08 bits per heavy atom. The molecule has 1 fully saturated rings. The Hall–Kier alpha value is -1.17. The number of rotatable bonds is 3. The van der Waals surface area contributed by atoms with Gasteiger partial charge in [0.05, 0.1) is 16.3 Å². The number of nitrogens with zero attached hydrogens (tertiary/aromatic N) is 2. The number of para-hydroxylation sites is 1. The average Bonchev–Trinajstić information content (AvgIpc) is 2.84. The van der Waals surface area contributed by atoms with Gasteiger partial charge < -0.3 is 5.32 Å². The van der Waals surface area contributed by atoms with Crippen molar-refractivity contribution in [3.05, 3.63) is 63.1 Å². The van der Waals surface area contributed by atoms with Gasteiger partial charge in [-0.1, -0.05) is 41.4 Å². The van der Waals surface area contributed by atoms with Crippen molar-refractivity contribution in [3.63, 3.8) is 0 Å². The van der Waals surface area contributed by atoms with Gasteiger partial charge in [-0.15, -0.1) is 11.3 Å². The lowest BCUT2D eigenvalue weighted by Crippen LogP contribution is -2.33. The summed E-state index contributed by atoms with van der Waals surface area (Å²) in [5.74, 6) is 0. The SMILES string of the molecule is Clc1ccc(C(c2nc3ccccc3s2)N2CCCNCC2)c(Cl)c1. The molecule has 3 nitrogen and oxygen atoms in total. The predicted octanol–water partition coefficient (Wildman–Crippen LogP) is 4.99. The molecule has 1 aromatic heterocycles. The Bertz CT molecular complexity index is 839. The van der Waals surface area contributed by atoms with Crippen LogP contribution in [0.15, 0.2) is 42.5 Å². The third-order valence-corrected chi connectivity index (χ3v) is 6.19. The Morgan fingerprint density at radius 3 is 2.80 bits per heavy atom. The molecule has 25 heavy (non-hydrogen) atoms. The van der Waals surface area contributed by atoms with Crippen molar-refractivity contribution in [1.29, 1.82) is 0 Å². The molecule has 1 N–H and O–H groups in total. The van der Waals surface area contributed by atoms with Crippen LogP contribution in [-0.4, -0.2) is 36.1 Å². The van der Waals surface area contributed by atoms with Crippen LogP contribution < -0.4 is 5.32 Å². The molecular weight excluding hydrogens is 373 g/mol. The van der Waals surface area contributed by atoms with E-state index in [1.807, 2.05) is 24.3 Å². The average molecular weight is 392 g/mol. The minimum absolute atomic E-state index is 0.0575. The Morgan fingerprint density at radius 2 is 1.96 bits per heavy atom. The number of benzene rings is 2. The van der Waals surface area contributed by atoms with Gasteiger partial charge in [-0.05, 0) is 42.8 Å². The zero-order valence-corrected chi connectivity index (χ0v) is 16.0. The van der Waals surface area contributed by atoms with Gasteiger partial charge in [0.1, 0.15) is 5.01 Å². The fourth-order valence-corrected chi connectivity index (χ4v) is 4.97. The number of fused-ring (bicyclic) bond motifs is 1. The molecule has 6 heteroatoms. The second-order valence-corrected chi connectivity index (χ2v) is 8.13. The van der Waals surface area contributed by atoms with Crippen LogP contribution in [0.1, 0.15) is 23.0 Å². The first-order chi connectivity index (χ1) is 12.2. The molecule has 0 amide bonds. The first kappa shape index (κ1) is 17.3. The summed E-state index contributed by atoms with van der Waals surface area (Å²) in [6.45, 7) is 4.02. The maximum atomic E-state index is 6.58. The molecule has 1 atom stereocenters. The van der Waals surface area contributed by atoms with Crippen LogP contribution in [0.25, 0.3) is 10.2 Å². The Balaban J connectivity index is 1.82. The minimum atomic E-state index is 0.0575. The van der Waals surface area contributed by atoms with Crippen LogP contribution in [0.2, 0.25) is 10.0 Å². The van der Waals surface area contributed by atoms with E-state index in [-0.39, 0.29) is 6.04 Å². The van der Waals surface area contributed by atoms with E-state index in [1.165, 1.54) is 4.70 Å². The molecule has 1 saturated heterocycles. The molecule has 4 rings (SSSR count). The minimum Gasteiger partial charge on any atom is -0.315 e. The van der Waals surface area contributed by atoms with E-state index in [2.05, 4.69) is 28.4 Å². The molecule has 1 aliphatic rings. The molecule has 1 aliphatic heterocycles. The van der Waals surface area contributed by atoms with Crippen molar-refractivity contribution in [2.24, 2.45) is 0 Å². The predicted molar refractivity (Wildman–Crippen MR) is 107 cm³/mol. The molecule has 130 valence electrons. The number of aromatic nitrogens is 1. The van der Waals surface area contributed by atoms with Crippen LogP contribution in [0.5, 0.6) is 0 Å². The Labute approximate surface area is 161 Å². The van der Waals surface area contributed by atoms with Crippen molar-refractivity contribution in [3.8, 4) is 0 Å². The van der Waals surface area contributed by atoms with Gasteiger partial charge in [0.15, 0.2) is 0 Å². The van der Waals surface area contributed by atoms with E-state index >= 15 is 0 Å². The van der Waals surface area contributed by atoms with Crippen LogP contribution >= 0.6 is 34.5 Å². The second kappa shape index (κ2) is 7.60. The van der Waals surface area contributed by atoms with Gasteiger partial charge in [-0.2, -0.15) is 0 Å². The third-order valence-electron chi connectivity index (χ3n) is 4.54. The number of hydrogen-bond acceptors (Lipinski definition) is 4. The summed E-state index contributed by atoms with van der Waals surface area (Å²) in [5, 5.41) is 5.93. The number of nitrogens with one attached hydrogen (secondary N) is 1. The van der Waals surface area contributed by atoms with E-state index in [4.69, 9.17) is 28.2 Å². The molecule has 0 spiro atoms. The topological polar surface area (TPSA) is 28.2 Å². The summed E-state index contributed by atoms with van der Waals surface area (Å²) in [5.41, 5.74) is 2.12. The van der Waals surface area contributed by atoms with E-state index < -0.39 is 0 Å². The number of halogens is 2. The molecule has 0 radical (unpaired) electrons. The third kappa shape index (κ3) is 3.69. The summed E-state index contributed by atoms with van der Waals surface area (Å²) in [6.07, 6.45) is 1.12. The van der Waals surface area contributed by atoms with Gasteiger partial charge in [0.2, 0.25) is 0 Å². The summed E-state index contributed by atoms with van der Waals surface area (Å²) >= 11 is 14.5. The highest BCUT2D eigenvalue weighted by Crippen LogP contribution is 2.38. The highest BCUT2D eigenvalue weighted by atomic mass is 35.5. The van der Waals surface area contributed by atoms with Crippen molar-refractivity contribution in [2.45, 2.75) is 12.5 Å². The molecule has 2 heterocycles. The second-order valence-electron chi connectivity index (χ2n) is 6.23. The highest BCUT2D eigenvalue weighted by Gasteiger charge is 2.28. The monoisotopic (exact) mass is 391 g/mol. The van der Waals surface area contributed by atoms with E-state index in [0.717, 1.165) is 48.7 Å². The van der Waals surface area contributed by atoms with Crippen molar-refractivity contribution in [1.82, 2.24) is 15.2 Å². The van der Waals surface area contributed by atoms with E-state index in [0.29, 0.717) is 10.0 Å². The van der Waals surface area contributed by atoms with Gasteiger partial charge in [0, 0.05) is 29.7 Å². The van der Waals surface area contributed by atoms with Crippen LogP contribution in [0.3, 0.4) is 0 Å². The maximum Gasteiger partial charge on any atom is 0.116 e. The molecule has 0 aliphatic carbocycles. The normalized spacial score (nSPS) is 17.5. The van der Waals surface area contributed by atoms with Crippen molar-refractivity contribution >= 4 is 44.8 Å². The van der Waals surface area contributed by atoms with E-state index in [1.54, 1.807) is 11.3 Å². The molecule has 0 saturated carbocycles. The van der Waals surface area contributed by atoms with Crippen LogP contribution in [0, 0.1) is 0 Å². The standard InChI is InChI=1S/C19H19Cl2N3S/c20-13-6-7-14(15(21)12-13)18(24-10-3-8-22-9-11-24)19-23-16-4-1-2-5-17(16)25-19/h1-2,4-7,12,18,22H,3,8-11H2. The summed E-state index contributed by atoms with van der Waals surface area (Å²) in [7, 11) is 0. The quantitative estimate of drug-likeness (QED) is 0.681. The first-order valence-electron chi connectivity index (χ1n) is 8.47. The fourth-order valence-electron chi connectivity index (χ4n) is 3.34. The van der Waals surface area contributed by atoms with Crippen LogP contribution in [-0.2, 0) is 0 Å². The van der Waals surface area contributed by atoms with Gasteiger partial charge >= 0.3 is 0 Å². The van der Waals surface area contributed by atoms with E-state index in [9.17, 15) is 0 Å². The van der Waals surface area contributed by atoms with Crippen molar-refractivity contribution in [2.75, 3.05) is 26.2 Å². The molecule has 3 aromatic rings. The summed E-state index contributed by atoms with van der Waals surface area (Å²) in [4.78, 5) is 7.40. The molecule has 1 unspecified atom stereocenters. The van der Waals surface area contributed by atoms with Gasteiger partial charge in [-0.25, -0.2) is 4.98 Å². The lowest BCUT2D eigenvalue weighted by Gasteiger charge is -2.30. The van der Waals surface area contributed by atoms with Crippen LogP contribution in [0.4, 0.5) is 0 Å². The molecule has 2 aromatic carbocycles. The Kier molecular flexibility index (Phi) is 5.25. The van der Waals surface area contributed by atoms with Crippen molar-refractivity contribution < 1.29 is 0 Å².